The lowest BCUT2D eigenvalue weighted by atomic mass is 10.1. The van der Waals surface area contributed by atoms with Crippen molar-refractivity contribution in [2.45, 2.75) is 38.8 Å². The number of likely N-dealkylation sites (tertiary alicyclic amines) is 1. The van der Waals surface area contributed by atoms with E-state index in [1.165, 1.54) is 50.1 Å². The van der Waals surface area contributed by atoms with Gasteiger partial charge in [0.05, 0.1) is 0 Å². The Morgan fingerprint density at radius 1 is 1.10 bits per heavy atom. The summed E-state index contributed by atoms with van der Waals surface area (Å²) in [6, 6.07) is 9.42. The third kappa shape index (κ3) is 3.33. The van der Waals surface area contributed by atoms with Gasteiger partial charge in [0.1, 0.15) is 0 Å². The Balaban J connectivity index is 1.67. The number of nitrogens with one attached hydrogen (secondary N) is 1. The average Bonchev–Trinajstić information content (AvgIpc) is 2.66. The van der Waals surface area contributed by atoms with Crippen molar-refractivity contribution in [2.24, 2.45) is 0 Å². The first kappa shape index (κ1) is 13.9. The van der Waals surface area contributed by atoms with Gasteiger partial charge in [0, 0.05) is 37.9 Å². The molecule has 1 fully saturated rings. The minimum Gasteiger partial charge on any atom is -0.368 e. The zero-order valence-electron chi connectivity index (χ0n) is 12.6. The molecule has 3 heteroatoms. The number of benzene rings is 1. The molecule has 1 aromatic rings. The SMILES string of the molecule is CC1CN(CCN2CCCCC2)c2ccccc2CN1. The summed E-state index contributed by atoms with van der Waals surface area (Å²) in [6.45, 7) is 9.36. The Morgan fingerprint density at radius 3 is 2.75 bits per heavy atom. The number of piperidine rings is 1. The Labute approximate surface area is 123 Å². The fourth-order valence-electron chi connectivity index (χ4n) is 3.40. The van der Waals surface area contributed by atoms with E-state index in [4.69, 9.17) is 0 Å². The zero-order chi connectivity index (χ0) is 13.8. The molecule has 2 heterocycles. The topological polar surface area (TPSA) is 18.5 Å². The molecule has 0 radical (unpaired) electrons. The fourth-order valence-corrected chi connectivity index (χ4v) is 3.40. The normalized spacial score (nSPS) is 24.2. The van der Waals surface area contributed by atoms with Crippen LogP contribution in [0.1, 0.15) is 31.7 Å². The van der Waals surface area contributed by atoms with Crippen molar-refractivity contribution in [3.8, 4) is 0 Å². The van der Waals surface area contributed by atoms with E-state index in [0.717, 1.165) is 19.6 Å². The van der Waals surface area contributed by atoms with Crippen molar-refractivity contribution < 1.29 is 0 Å². The molecule has 110 valence electrons. The Morgan fingerprint density at radius 2 is 1.90 bits per heavy atom. The largest absolute Gasteiger partial charge is 0.368 e. The van der Waals surface area contributed by atoms with Gasteiger partial charge in [-0.25, -0.2) is 0 Å². The lowest BCUT2D eigenvalue weighted by Crippen LogP contribution is -2.41. The van der Waals surface area contributed by atoms with Crippen LogP contribution < -0.4 is 10.2 Å². The summed E-state index contributed by atoms with van der Waals surface area (Å²) in [6.07, 6.45) is 4.19. The highest BCUT2D eigenvalue weighted by molar-refractivity contribution is 5.54. The second-order valence-corrected chi connectivity index (χ2v) is 6.26. The summed E-state index contributed by atoms with van der Waals surface area (Å²) >= 11 is 0. The van der Waals surface area contributed by atoms with Gasteiger partial charge in [-0.3, -0.25) is 0 Å². The van der Waals surface area contributed by atoms with Crippen LogP contribution in [0.15, 0.2) is 24.3 Å². The molecule has 2 aliphatic rings. The maximum Gasteiger partial charge on any atom is 0.0412 e. The second-order valence-electron chi connectivity index (χ2n) is 6.26. The van der Waals surface area contributed by atoms with Gasteiger partial charge in [0.25, 0.3) is 0 Å². The van der Waals surface area contributed by atoms with Crippen LogP contribution in [0, 0.1) is 0 Å². The van der Waals surface area contributed by atoms with Gasteiger partial charge in [0.15, 0.2) is 0 Å². The van der Waals surface area contributed by atoms with E-state index in [-0.39, 0.29) is 0 Å². The van der Waals surface area contributed by atoms with Crippen molar-refractivity contribution in [3.63, 3.8) is 0 Å². The highest BCUT2D eigenvalue weighted by Gasteiger charge is 2.19. The number of nitrogens with zero attached hydrogens (tertiary/aromatic N) is 2. The third-order valence-corrected chi connectivity index (χ3v) is 4.60. The van der Waals surface area contributed by atoms with Crippen LogP contribution in [0.25, 0.3) is 0 Å². The summed E-state index contributed by atoms with van der Waals surface area (Å²) in [4.78, 5) is 5.21. The van der Waals surface area contributed by atoms with Gasteiger partial charge < -0.3 is 15.1 Å². The number of fused-ring (bicyclic) bond motifs is 1. The number of rotatable bonds is 3. The molecule has 1 aromatic carbocycles. The predicted octanol–water partition coefficient (Wildman–Crippen LogP) is 2.47. The van der Waals surface area contributed by atoms with Gasteiger partial charge in [-0.05, 0) is 44.5 Å². The lowest BCUT2D eigenvalue weighted by Gasteiger charge is -2.32. The summed E-state index contributed by atoms with van der Waals surface area (Å²) in [5.41, 5.74) is 2.87. The van der Waals surface area contributed by atoms with E-state index in [1.807, 2.05) is 0 Å². The zero-order valence-corrected chi connectivity index (χ0v) is 12.6. The van der Waals surface area contributed by atoms with Crippen molar-refractivity contribution in [2.75, 3.05) is 37.6 Å². The first-order chi connectivity index (χ1) is 9.83. The van der Waals surface area contributed by atoms with E-state index in [1.54, 1.807) is 0 Å². The molecule has 2 aliphatic heterocycles. The Bertz CT molecular complexity index is 426. The summed E-state index contributed by atoms with van der Waals surface area (Å²) in [7, 11) is 0. The van der Waals surface area contributed by atoms with Gasteiger partial charge >= 0.3 is 0 Å². The molecule has 0 bridgehead atoms. The van der Waals surface area contributed by atoms with Crippen molar-refractivity contribution in [3.05, 3.63) is 29.8 Å². The number of anilines is 1. The monoisotopic (exact) mass is 273 g/mol. The molecule has 0 aromatic heterocycles. The van der Waals surface area contributed by atoms with Gasteiger partial charge in [-0.15, -0.1) is 0 Å². The lowest BCUT2D eigenvalue weighted by molar-refractivity contribution is 0.233. The molecule has 1 N–H and O–H groups in total. The first-order valence-electron chi connectivity index (χ1n) is 8.11. The highest BCUT2D eigenvalue weighted by atomic mass is 15.2. The van der Waals surface area contributed by atoms with Crippen LogP contribution in [0.4, 0.5) is 5.69 Å². The van der Waals surface area contributed by atoms with Crippen molar-refractivity contribution in [1.29, 1.82) is 0 Å². The molecule has 3 nitrogen and oxygen atoms in total. The second kappa shape index (κ2) is 6.59. The van der Waals surface area contributed by atoms with Crippen molar-refractivity contribution in [1.82, 2.24) is 10.2 Å². The molecule has 0 amide bonds. The minimum atomic E-state index is 0.559. The van der Waals surface area contributed by atoms with Crippen molar-refractivity contribution >= 4 is 5.69 Å². The maximum atomic E-state index is 3.61. The quantitative estimate of drug-likeness (QED) is 0.913. The smallest absolute Gasteiger partial charge is 0.0412 e. The number of hydrogen-bond donors (Lipinski definition) is 1. The molecule has 3 rings (SSSR count). The minimum absolute atomic E-state index is 0.559. The Hall–Kier alpha value is -1.06. The molecule has 1 unspecified atom stereocenters. The van der Waals surface area contributed by atoms with Gasteiger partial charge in [-0.2, -0.15) is 0 Å². The van der Waals surface area contributed by atoms with E-state index < -0.39 is 0 Å². The van der Waals surface area contributed by atoms with E-state index in [0.29, 0.717) is 6.04 Å². The fraction of sp³-hybridized carbons (Fsp3) is 0.647. The molecule has 0 spiro atoms. The molecule has 1 atom stereocenters. The maximum absolute atomic E-state index is 3.61. The van der Waals surface area contributed by atoms with Gasteiger partial charge in [0.2, 0.25) is 0 Å². The molecule has 0 aliphatic carbocycles. The molecular weight excluding hydrogens is 246 g/mol. The summed E-state index contributed by atoms with van der Waals surface area (Å²) in [5, 5.41) is 3.61. The highest BCUT2D eigenvalue weighted by Crippen LogP contribution is 2.23. The van der Waals surface area contributed by atoms with E-state index in [2.05, 4.69) is 46.3 Å². The summed E-state index contributed by atoms with van der Waals surface area (Å²) in [5.74, 6) is 0. The van der Waals surface area contributed by atoms with E-state index >= 15 is 0 Å². The molecule has 20 heavy (non-hydrogen) atoms. The number of hydrogen-bond acceptors (Lipinski definition) is 3. The average molecular weight is 273 g/mol. The standard InChI is InChI=1S/C17H27N3/c1-15-14-20(12-11-19-9-5-2-6-10-19)17-8-4-3-7-16(17)13-18-15/h3-4,7-8,15,18H,2,5-6,9-14H2,1H3. The molecule has 0 saturated carbocycles. The van der Waals surface area contributed by atoms with Crippen LogP contribution in [-0.4, -0.2) is 43.7 Å². The van der Waals surface area contributed by atoms with Crippen LogP contribution in [0.3, 0.4) is 0 Å². The van der Waals surface area contributed by atoms with Gasteiger partial charge in [-0.1, -0.05) is 24.6 Å². The predicted molar refractivity (Wildman–Crippen MR) is 85.2 cm³/mol. The number of para-hydroxylation sites is 1. The van der Waals surface area contributed by atoms with Crippen LogP contribution in [0.5, 0.6) is 0 Å². The molecule has 1 saturated heterocycles. The molecular formula is C17H27N3. The summed E-state index contributed by atoms with van der Waals surface area (Å²) < 4.78 is 0. The Kier molecular flexibility index (Phi) is 4.58. The van der Waals surface area contributed by atoms with Crippen LogP contribution >= 0.6 is 0 Å². The first-order valence-corrected chi connectivity index (χ1v) is 8.11. The van der Waals surface area contributed by atoms with Crippen LogP contribution in [0.2, 0.25) is 0 Å². The third-order valence-electron chi connectivity index (χ3n) is 4.60. The van der Waals surface area contributed by atoms with Crippen LogP contribution in [-0.2, 0) is 6.54 Å². The van der Waals surface area contributed by atoms with E-state index in [9.17, 15) is 0 Å².